The first-order chi connectivity index (χ1) is 9.16. The third-order valence-corrected chi connectivity index (χ3v) is 3.87. The van der Waals surface area contributed by atoms with E-state index in [0.717, 1.165) is 32.3 Å². The molecular formula is C15H20ClFO2. The normalized spacial score (nSPS) is 20.7. The first-order valence-corrected chi connectivity index (χ1v) is 7.27. The van der Waals surface area contributed by atoms with Crippen molar-refractivity contribution in [3.05, 3.63) is 34.6 Å². The maximum atomic E-state index is 13.7. The molecule has 1 fully saturated rings. The molecule has 1 N–H and O–H groups in total. The molecule has 2 unspecified atom stereocenters. The first-order valence-electron chi connectivity index (χ1n) is 6.89. The molecule has 0 saturated carbocycles. The average molecular weight is 287 g/mol. The zero-order valence-corrected chi connectivity index (χ0v) is 11.7. The molecule has 106 valence electrons. The lowest BCUT2D eigenvalue weighted by molar-refractivity contribution is 0.0944. The molecule has 1 saturated heterocycles. The maximum absolute atomic E-state index is 13.7. The number of ether oxygens (including phenoxy) is 1. The molecule has 19 heavy (non-hydrogen) atoms. The summed E-state index contributed by atoms with van der Waals surface area (Å²) in [6.45, 7) is 0.862. The third-order valence-electron chi connectivity index (χ3n) is 3.57. The van der Waals surface area contributed by atoms with Gasteiger partial charge in [0.05, 0.1) is 17.2 Å². The van der Waals surface area contributed by atoms with Crippen molar-refractivity contribution in [1.29, 1.82) is 0 Å². The van der Waals surface area contributed by atoms with E-state index in [1.54, 1.807) is 12.1 Å². The topological polar surface area (TPSA) is 29.5 Å². The summed E-state index contributed by atoms with van der Waals surface area (Å²) in [6.07, 6.45) is 4.98. The van der Waals surface area contributed by atoms with Crippen LogP contribution in [0.2, 0.25) is 5.02 Å². The van der Waals surface area contributed by atoms with Crippen LogP contribution in [-0.2, 0) is 11.2 Å². The molecule has 2 nitrogen and oxygen atoms in total. The molecule has 0 aromatic heterocycles. The quantitative estimate of drug-likeness (QED) is 0.863. The Morgan fingerprint density at radius 3 is 3.05 bits per heavy atom. The summed E-state index contributed by atoms with van der Waals surface area (Å²) in [7, 11) is 0. The van der Waals surface area contributed by atoms with Gasteiger partial charge in [0.2, 0.25) is 0 Å². The Kier molecular flexibility index (Phi) is 5.61. The Bertz CT molecular complexity index is 405. The molecule has 2 atom stereocenters. The van der Waals surface area contributed by atoms with Crippen LogP contribution in [0.1, 0.15) is 37.7 Å². The number of hydrogen-bond donors (Lipinski definition) is 1. The molecule has 2 rings (SSSR count). The van der Waals surface area contributed by atoms with Crippen molar-refractivity contribution in [3.63, 3.8) is 0 Å². The van der Waals surface area contributed by atoms with Gasteiger partial charge in [-0.1, -0.05) is 23.7 Å². The minimum atomic E-state index is -0.519. The molecule has 1 aromatic rings. The second-order valence-electron chi connectivity index (χ2n) is 5.14. The number of aliphatic hydroxyl groups is 1. The Hall–Kier alpha value is -0.640. The smallest absolute Gasteiger partial charge is 0.145 e. The van der Waals surface area contributed by atoms with Gasteiger partial charge in [-0.25, -0.2) is 4.39 Å². The Labute approximate surface area is 118 Å². The van der Waals surface area contributed by atoms with Crippen LogP contribution < -0.4 is 0 Å². The van der Waals surface area contributed by atoms with E-state index in [1.165, 1.54) is 6.07 Å². The second-order valence-corrected chi connectivity index (χ2v) is 5.54. The van der Waals surface area contributed by atoms with Gasteiger partial charge in [0.15, 0.2) is 0 Å². The fraction of sp³-hybridized carbons (Fsp3) is 0.600. The van der Waals surface area contributed by atoms with Gasteiger partial charge < -0.3 is 9.84 Å². The molecule has 1 heterocycles. The highest BCUT2D eigenvalue weighted by Crippen LogP contribution is 2.21. The Morgan fingerprint density at radius 2 is 2.32 bits per heavy atom. The van der Waals surface area contributed by atoms with Crippen LogP contribution in [0.5, 0.6) is 0 Å². The lowest BCUT2D eigenvalue weighted by Gasteiger charge is -2.13. The summed E-state index contributed by atoms with van der Waals surface area (Å²) in [6, 6.07) is 4.90. The maximum Gasteiger partial charge on any atom is 0.145 e. The van der Waals surface area contributed by atoms with Crippen molar-refractivity contribution in [2.45, 2.75) is 50.7 Å². The summed E-state index contributed by atoms with van der Waals surface area (Å²) in [5, 5.41) is 10.1. The van der Waals surface area contributed by atoms with Crippen LogP contribution in [0, 0.1) is 5.82 Å². The van der Waals surface area contributed by atoms with Crippen molar-refractivity contribution in [3.8, 4) is 0 Å². The molecule has 4 heteroatoms. The minimum absolute atomic E-state index is 0.115. The standard InChI is InChI=1S/C15H20ClFO2/c16-14-8-1-4-11(15(14)17)10-12(18)5-2-6-13-7-3-9-19-13/h1,4,8,12-13,18H,2-3,5-7,9-10H2. The van der Waals surface area contributed by atoms with E-state index in [4.69, 9.17) is 16.3 Å². The van der Waals surface area contributed by atoms with Gasteiger partial charge in [0.1, 0.15) is 5.82 Å². The number of hydrogen-bond acceptors (Lipinski definition) is 2. The Morgan fingerprint density at radius 1 is 1.47 bits per heavy atom. The summed E-state index contributed by atoms with van der Waals surface area (Å²) < 4.78 is 19.2. The number of benzene rings is 1. The second kappa shape index (κ2) is 7.22. The number of aliphatic hydroxyl groups excluding tert-OH is 1. The molecule has 1 aromatic carbocycles. The van der Waals surface area contributed by atoms with Gasteiger partial charge in [-0.3, -0.25) is 0 Å². The van der Waals surface area contributed by atoms with Crippen LogP contribution in [0.3, 0.4) is 0 Å². The van der Waals surface area contributed by atoms with Crippen LogP contribution in [0.4, 0.5) is 4.39 Å². The van der Waals surface area contributed by atoms with Gasteiger partial charge >= 0.3 is 0 Å². The molecule has 1 aliphatic rings. The fourth-order valence-electron chi connectivity index (χ4n) is 2.52. The SMILES string of the molecule is OC(CCCC1CCCO1)Cc1cccc(Cl)c1F. The monoisotopic (exact) mass is 286 g/mol. The van der Waals surface area contributed by atoms with Crippen LogP contribution >= 0.6 is 11.6 Å². The van der Waals surface area contributed by atoms with E-state index in [9.17, 15) is 9.50 Å². The van der Waals surface area contributed by atoms with Crippen LogP contribution in [-0.4, -0.2) is 23.9 Å². The zero-order valence-electron chi connectivity index (χ0n) is 10.9. The van der Waals surface area contributed by atoms with Crippen molar-refractivity contribution >= 4 is 11.6 Å². The highest BCUT2D eigenvalue weighted by atomic mass is 35.5. The fourth-order valence-corrected chi connectivity index (χ4v) is 2.71. The van der Waals surface area contributed by atoms with Gasteiger partial charge in [0.25, 0.3) is 0 Å². The predicted molar refractivity (Wildman–Crippen MR) is 73.9 cm³/mol. The average Bonchev–Trinajstić information content (AvgIpc) is 2.88. The summed E-state index contributed by atoms with van der Waals surface area (Å²) in [5.74, 6) is -0.414. The van der Waals surface area contributed by atoms with Gasteiger partial charge in [0, 0.05) is 13.0 Å². The Balaban J connectivity index is 1.74. The van der Waals surface area contributed by atoms with E-state index < -0.39 is 11.9 Å². The highest BCUT2D eigenvalue weighted by molar-refractivity contribution is 6.30. The third kappa shape index (κ3) is 4.44. The van der Waals surface area contributed by atoms with Crippen molar-refractivity contribution in [1.82, 2.24) is 0 Å². The lowest BCUT2D eigenvalue weighted by Crippen LogP contribution is -2.13. The summed E-state index contributed by atoms with van der Waals surface area (Å²) in [4.78, 5) is 0. The van der Waals surface area contributed by atoms with Gasteiger partial charge in [-0.15, -0.1) is 0 Å². The minimum Gasteiger partial charge on any atom is -0.393 e. The zero-order chi connectivity index (χ0) is 13.7. The molecule has 0 bridgehead atoms. The molecule has 0 amide bonds. The summed E-state index contributed by atoms with van der Waals surface area (Å²) in [5.41, 5.74) is 0.483. The predicted octanol–water partition coefficient (Wildman–Crippen LogP) is 3.73. The van der Waals surface area contributed by atoms with Crippen molar-refractivity contribution in [2.75, 3.05) is 6.61 Å². The van der Waals surface area contributed by atoms with Crippen LogP contribution in [0.15, 0.2) is 18.2 Å². The molecule has 0 spiro atoms. The molecular weight excluding hydrogens is 267 g/mol. The van der Waals surface area contributed by atoms with Crippen molar-refractivity contribution < 1.29 is 14.2 Å². The number of halogens is 2. The van der Waals surface area contributed by atoms with E-state index in [0.29, 0.717) is 24.5 Å². The molecule has 0 aliphatic carbocycles. The molecule has 0 radical (unpaired) electrons. The van der Waals surface area contributed by atoms with Crippen molar-refractivity contribution in [2.24, 2.45) is 0 Å². The number of rotatable bonds is 6. The molecule has 1 aliphatic heterocycles. The lowest BCUT2D eigenvalue weighted by atomic mass is 10.0. The summed E-state index contributed by atoms with van der Waals surface area (Å²) >= 11 is 5.71. The van der Waals surface area contributed by atoms with Gasteiger partial charge in [-0.2, -0.15) is 0 Å². The van der Waals surface area contributed by atoms with Gasteiger partial charge in [-0.05, 0) is 43.7 Å². The highest BCUT2D eigenvalue weighted by Gasteiger charge is 2.16. The van der Waals surface area contributed by atoms with Crippen LogP contribution in [0.25, 0.3) is 0 Å². The van der Waals surface area contributed by atoms with E-state index in [1.807, 2.05) is 0 Å². The first kappa shape index (κ1) is 14.8. The van der Waals surface area contributed by atoms with E-state index in [2.05, 4.69) is 0 Å². The van der Waals surface area contributed by atoms with E-state index >= 15 is 0 Å². The largest absolute Gasteiger partial charge is 0.393 e. The van der Waals surface area contributed by atoms with E-state index in [-0.39, 0.29) is 5.02 Å².